The number of anilines is 2. The molecule has 0 radical (unpaired) electrons. The zero-order valence-corrected chi connectivity index (χ0v) is 23.0. The van der Waals surface area contributed by atoms with Crippen LogP contribution in [0.3, 0.4) is 0 Å². The Morgan fingerprint density at radius 1 is 1.21 bits per heavy atom. The molecule has 5 heterocycles. The van der Waals surface area contributed by atoms with Crippen LogP contribution in [-0.4, -0.2) is 62.1 Å². The van der Waals surface area contributed by atoms with Crippen molar-refractivity contribution < 1.29 is 9.84 Å². The molecule has 2 aliphatic rings. The van der Waals surface area contributed by atoms with Gasteiger partial charge in [0.1, 0.15) is 5.82 Å². The second-order valence-corrected chi connectivity index (χ2v) is 11.8. The predicted octanol–water partition coefficient (Wildman–Crippen LogP) is 4.58. The number of aryl methyl sites for hydroxylation is 1. The summed E-state index contributed by atoms with van der Waals surface area (Å²) in [5.41, 5.74) is 5.61. The van der Waals surface area contributed by atoms with Crippen molar-refractivity contribution in [3.63, 3.8) is 0 Å². The summed E-state index contributed by atoms with van der Waals surface area (Å²) in [6, 6.07) is 6.63. The van der Waals surface area contributed by atoms with Crippen LogP contribution in [0.1, 0.15) is 59.8 Å². The van der Waals surface area contributed by atoms with Crippen LogP contribution in [0.2, 0.25) is 0 Å². The number of hydrogen-bond donors (Lipinski definition) is 2. The van der Waals surface area contributed by atoms with Gasteiger partial charge >= 0.3 is 0 Å². The normalized spacial score (nSPS) is 20.5. The molecule has 4 aromatic rings. The molecule has 1 saturated carbocycles. The van der Waals surface area contributed by atoms with Crippen molar-refractivity contribution in [1.29, 1.82) is 0 Å². The van der Waals surface area contributed by atoms with Gasteiger partial charge in [0.15, 0.2) is 0 Å². The van der Waals surface area contributed by atoms with Gasteiger partial charge in [-0.05, 0) is 63.3 Å². The quantitative estimate of drug-likeness (QED) is 0.356. The van der Waals surface area contributed by atoms with Crippen molar-refractivity contribution in [2.24, 2.45) is 0 Å². The number of aliphatic hydroxyl groups is 1. The Morgan fingerprint density at radius 2 is 2.05 bits per heavy atom. The highest BCUT2D eigenvalue weighted by Crippen LogP contribution is 2.38. The number of aliphatic hydroxyl groups excluding tert-OH is 1. The summed E-state index contributed by atoms with van der Waals surface area (Å²) in [6.45, 7) is 6.47. The van der Waals surface area contributed by atoms with E-state index in [9.17, 15) is 5.11 Å². The molecule has 9 nitrogen and oxygen atoms in total. The second kappa shape index (κ2) is 10.6. The second-order valence-electron chi connectivity index (χ2n) is 10.5. The molecule has 4 aromatic heterocycles. The minimum atomic E-state index is -0.200. The molecule has 10 heteroatoms. The lowest BCUT2D eigenvalue weighted by molar-refractivity contribution is 0.121. The predicted molar refractivity (Wildman–Crippen MR) is 150 cm³/mol. The molecule has 1 fully saturated rings. The third-order valence-corrected chi connectivity index (χ3v) is 8.67. The maximum Gasteiger partial charge on any atom is 0.241 e. The molecule has 200 valence electrons. The molecule has 0 amide bonds. The van der Waals surface area contributed by atoms with Gasteiger partial charge in [0.05, 0.1) is 41.7 Å². The van der Waals surface area contributed by atoms with E-state index in [0.717, 1.165) is 72.7 Å². The molecule has 0 unspecified atom stereocenters. The molecule has 6 rings (SSSR count). The molecule has 38 heavy (non-hydrogen) atoms. The molecule has 0 saturated heterocycles. The Labute approximate surface area is 226 Å². The Bertz CT molecular complexity index is 1430. The zero-order valence-electron chi connectivity index (χ0n) is 22.2. The molecule has 0 aromatic carbocycles. The molecule has 2 N–H and O–H groups in total. The number of thiazole rings is 1. The first-order valence-electron chi connectivity index (χ1n) is 13.5. The Hall–Kier alpha value is -3.08. The summed E-state index contributed by atoms with van der Waals surface area (Å²) in [7, 11) is 1.69. The van der Waals surface area contributed by atoms with Crippen LogP contribution in [-0.2, 0) is 17.7 Å². The third-order valence-electron chi connectivity index (χ3n) is 7.67. The van der Waals surface area contributed by atoms with E-state index in [4.69, 9.17) is 19.8 Å². The van der Waals surface area contributed by atoms with E-state index in [0.29, 0.717) is 18.5 Å². The summed E-state index contributed by atoms with van der Waals surface area (Å²) < 4.78 is 7.33. The highest BCUT2D eigenvalue weighted by molar-refractivity contribution is 7.11. The standard InChI is InChI=1S/C28H35N7O2S/c1-17(16-37-3)31-28-30-14-25-22(13-24(35(25)33-28)19-4-6-21(36)7-5-19)20-8-10-29-27(12-20)34-11-9-23-26(15-34)38-18(2)32-23/h8,10,12-14,17,19,21,36H,4-7,9,11,15-16H2,1-3H3,(H,31,33)/t17-,19?,21?/m0/s1. The SMILES string of the molecule is COC[C@H](C)Nc1ncc2c(-c3ccnc(N4CCc5nc(C)sc5C4)c3)cc(C3CCC(O)CC3)n2n1. The molecule has 1 aliphatic heterocycles. The van der Waals surface area contributed by atoms with Gasteiger partial charge < -0.3 is 20.1 Å². The highest BCUT2D eigenvalue weighted by atomic mass is 32.1. The van der Waals surface area contributed by atoms with Crippen molar-refractivity contribution >= 4 is 28.6 Å². The highest BCUT2D eigenvalue weighted by Gasteiger charge is 2.26. The third kappa shape index (κ3) is 5.00. The van der Waals surface area contributed by atoms with Crippen molar-refractivity contribution in [2.75, 3.05) is 30.5 Å². The summed E-state index contributed by atoms with van der Waals surface area (Å²) >= 11 is 1.79. The van der Waals surface area contributed by atoms with Crippen molar-refractivity contribution in [2.45, 2.75) is 70.6 Å². The van der Waals surface area contributed by atoms with E-state index in [2.05, 4.69) is 51.8 Å². The van der Waals surface area contributed by atoms with E-state index in [-0.39, 0.29) is 12.1 Å². The zero-order chi connectivity index (χ0) is 26.2. The summed E-state index contributed by atoms with van der Waals surface area (Å²) in [6.07, 6.45) is 8.11. The van der Waals surface area contributed by atoms with Crippen molar-refractivity contribution in [3.05, 3.63) is 51.9 Å². The van der Waals surface area contributed by atoms with Gasteiger partial charge in [-0.25, -0.2) is 19.5 Å². The maximum atomic E-state index is 10.1. The largest absolute Gasteiger partial charge is 0.393 e. The van der Waals surface area contributed by atoms with Crippen molar-refractivity contribution in [3.8, 4) is 11.1 Å². The summed E-state index contributed by atoms with van der Waals surface area (Å²) in [5, 5.41) is 19.5. The van der Waals surface area contributed by atoms with Gasteiger partial charge in [-0.3, -0.25) is 0 Å². The Balaban J connectivity index is 1.36. The van der Waals surface area contributed by atoms with Crippen LogP contribution < -0.4 is 10.2 Å². The molecule has 1 atom stereocenters. The lowest BCUT2D eigenvalue weighted by Crippen LogP contribution is -2.30. The first kappa shape index (κ1) is 25.2. The van der Waals surface area contributed by atoms with Crippen molar-refractivity contribution in [1.82, 2.24) is 24.6 Å². The summed E-state index contributed by atoms with van der Waals surface area (Å²) in [4.78, 5) is 17.8. The van der Waals surface area contributed by atoms with Crippen LogP contribution in [0, 0.1) is 6.92 Å². The average molecular weight is 534 g/mol. The number of rotatable bonds is 7. The first-order chi connectivity index (χ1) is 18.5. The van der Waals surface area contributed by atoms with Crippen LogP contribution in [0.4, 0.5) is 11.8 Å². The van der Waals surface area contributed by atoms with Gasteiger partial charge in [-0.2, -0.15) is 0 Å². The number of hydrogen-bond acceptors (Lipinski definition) is 9. The molecular formula is C28H35N7O2S. The fourth-order valence-corrected chi connectivity index (χ4v) is 6.76. The van der Waals surface area contributed by atoms with E-state index in [1.807, 2.05) is 12.4 Å². The number of nitrogens with one attached hydrogen (secondary N) is 1. The monoisotopic (exact) mass is 533 g/mol. The van der Waals surface area contributed by atoms with Crippen LogP contribution in [0.25, 0.3) is 16.6 Å². The van der Waals surface area contributed by atoms with E-state index in [1.165, 1.54) is 16.3 Å². The number of fused-ring (bicyclic) bond motifs is 2. The van der Waals surface area contributed by atoms with Crippen LogP contribution in [0.15, 0.2) is 30.6 Å². The minimum Gasteiger partial charge on any atom is -0.393 e. The topological polar surface area (TPSA) is 101 Å². The number of methoxy groups -OCH3 is 1. The number of aromatic nitrogens is 5. The van der Waals surface area contributed by atoms with Gasteiger partial charge in [-0.1, -0.05) is 0 Å². The number of nitrogens with zero attached hydrogens (tertiary/aromatic N) is 6. The lowest BCUT2D eigenvalue weighted by atomic mass is 9.85. The smallest absolute Gasteiger partial charge is 0.241 e. The van der Waals surface area contributed by atoms with Gasteiger partial charge in [0.25, 0.3) is 0 Å². The van der Waals surface area contributed by atoms with Gasteiger partial charge in [0.2, 0.25) is 5.95 Å². The number of pyridine rings is 1. The lowest BCUT2D eigenvalue weighted by Gasteiger charge is -2.27. The number of ether oxygens (including phenoxy) is 1. The maximum absolute atomic E-state index is 10.1. The Morgan fingerprint density at radius 3 is 2.87 bits per heavy atom. The molecular weight excluding hydrogens is 498 g/mol. The van der Waals surface area contributed by atoms with Crippen LogP contribution in [0.5, 0.6) is 0 Å². The molecule has 0 bridgehead atoms. The van der Waals surface area contributed by atoms with Crippen LogP contribution >= 0.6 is 11.3 Å². The van der Waals surface area contributed by atoms with E-state index < -0.39 is 0 Å². The minimum absolute atomic E-state index is 0.0934. The first-order valence-corrected chi connectivity index (χ1v) is 14.3. The van der Waals surface area contributed by atoms with E-state index >= 15 is 0 Å². The van der Waals surface area contributed by atoms with Gasteiger partial charge in [-0.15, -0.1) is 16.4 Å². The Kier molecular flexibility index (Phi) is 7.03. The van der Waals surface area contributed by atoms with Gasteiger partial charge in [0, 0.05) is 54.4 Å². The summed E-state index contributed by atoms with van der Waals surface area (Å²) in [5.74, 6) is 1.91. The average Bonchev–Trinajstić information content (AvgIpc) is 3.48. The fraction of sp³-hybridized carbons (Fsp3) is 0.500. The fourth-order valence-electron chi connectivity index (χ4n) is 5.77. The molecule has 0 spiro atoms. The molecule has 1 aliphatic carbocycles. The van der Waals surface area contributed by atoms with E-state index in [1.54, 1.807) is 18.4 Å².